The van der Waals surface area contributed by atoms with Crippen LogP contribution in [0.25, 0.3) is 0 Å². The smallest absolute Gasteiger partial charge is 0.417 e. The largest absolute Gasteiger partial charge is 0.443 e. The lowest BCUT2D eigenvalue weighted by Crippen LogP contribution is -2.57. The number of aromatic nitrogens is 1. The Labute approximate surface area is 173 Å². The van der Waals surface area contributed by atoms with Crippen molar-refractivity contribution in [3.63, 3.8) is 0 Å². The van der Waals surface area contributed by atoms with E-state index in [-0.39, 0.29) is 0 Å². The third-order valence-electron chi connectivity index (χ3n) is 5.26. The van der Waals surface area contributed by atoms with Crippen LogP contribution in [-0.4, -0.2) is 28.0 Å². The van der Waals surface area contributed by atoms with Crippen LogP contribution in [0.1, 0.15) is 51.2 Å². The summed E-state index contributed by atoms with van der Waals surface area (Å²) in [6, 6.07) is 8.14. The molecule has 1 saturated carbocycles. The van der Waals surface area contributed by atoms with Crippen LogP contribution in [-0.2, 0) is 16.3 Å². The van der Waals surface area contributed by atoms with Gasteiger partial charge in [-0.1, -0.05) is 24.6 Å². The average Bonchev–Trinajstić information content (AvgIpc) is 2.60. The van der Waals surface area contributed by atoms with Gasteiger partial charge in [-0.2, -0.15) is 13.2 Å². The molecule has 0 saturated heterocycles. The molecule has 1 fully saturated rings. The van der Waals surface area contributed by atoms with Crippen molar-refractivity contribution in [3.05, 3.63) is 59.9 Å². The first kappa shape index (κ1) is 22.1. The summed E-state index contributed by atoms with van der Waals surface area (Å²) in [6.45, 7) is 5.10. The maximum absolute atomic E-state index is 13.3. The van der Waals surface area contributed by atoms with Gasteiger partial charge in [-0.05, 0) is 57.4 Å². The van der Waals surface area contributed by atoms with Crippen molar-refractivity contribution in [1.82, 2.24) is 4.98 Å². The van der Waals surface area contributed by atoms with Gasteiger partial charge in [-0.3, -0.25) is 4.98 Å². The molecular formula is C22H25F3N2O3. The van der Waals surface area contributed by atoms with Gasteiger partial charge in [0.25, 0.3) is 0 Å². The van der Waals surface area contributed by atoms with Gasteiger partial charge >= 0.3 is 12.3 Å². The Bertz CT molecular complexity index is 890. The standard InChI is InChI=1S/C22H25F3N2O3/c1-20(2,3)30-19(29)27(17-9-5-12-26-14-17)18(28)21(10-6-11-21)15-7-4-8-16(13-15)22(23,24)25/h4-5,7-9,12-14,18,28H,6,10-11H2,1-3H3. The Morgan fingerprint density at radius 1 is 1.20 bits per heavy atom. The molecule has 162 valence electrons. The van der Waals surface area contributed by atoms with Crippen molar-refractivity contribution in [1.29, 1.82) is 0 Å². The van der Waals surface area contributed by atoms with E-state index in [1.54, 1.807) is 39.0 Å². The zero-order valence-electron chi connectivity index (χ0n) is 17.1. The zero-order chi connectivity index (χ0) is 22.2. The molecule has 30 heavy (non-hydrogen) atoms. The molecule has 8 heteroatoms. The molecule has 0 bridgehead atoms. The summed E-state index contributed by atoms with van der Waals surface area (Å²) in [7, 11) is 0. The minimum atomic E-state index is -4.50. The van der Waals surface area contributed by atoms with Crippen LogP contribution in [0.3, 0.4) is 0 Å². The highest BCUT2D eigenvalue weighted by molar-refractivity contribution is 5.88. The summed E-state index contributed by atoms with van der Waals surface area (Å²) in [5.41, 5.74) is -2.00. The molecule has 1 aliphatic rings. The molecule has 0 aliphatic heterocycles. The second-order valence-corrected chi connectivity index (χ2v) is 8.52. The summed E-state index contributed by atoms with van der Waals surface area (Å²) in [6.07, 6.45) is -2.18. The maximum atomic E-state index is 13.3. The zero-order valence-corrected chi connectivity index (χ0v) is 17.1. The summed E-state index contributed by atoms with van der Waals surface area (Å²) in [5, 5.41) is 11.4. The lowest BCUT2D eigenvalue weighted by Gasteiger charge is -2.49. The van der Waals surface area contributed by atoms with E-state index in [0.717, 1.165) is 23.5 Å². The molecule has 0 radical (unpaired) electrons. The van der Waals surface area contributed by atoms with Crippen LogP contribution >= 0.6 is 0 Å². The number of ether oxygens (including phenoxy) is 1. The minimum Gasteiger partial charge on any atom is -0.443 e. The van der Waals surface area contributed by atoms with Crippen LogP contribution < -0.4 is 4.90 Å². The average molecular weight is 422 g/mol. The normalized spacial score (nSPS) is 17.0. The Morgan fingerprint density at radius 3 is 2.40 bits per heavy atom. The van der Waals surface area contributed by atoms with Crippen molar-refractivity contribution >= 4 is 11.8 Å². The number of aliphatic hydroxyl groups is 1. The van der Waals surface area contributed by atoms with Gasteiger partial charge in [-0.25, -0.2) is 9.69 Å². The number of pyridine rings is 1. The number of anilines is 1. The van der Waals surface area contributed by atoms with Gasteiger partial charge in [0, 0.05) is 11.6 Å². The number of carbonyl (C=O) groups is 1. The highest BCUT2D eigenvalue weighted by Gasteiger charge is 2.50. The highest BCUT2D eigenvalue weighted by Crippen LogP contribution is 2.49. The van der Waals surface area contributed by atoms with E-state index in [1.807, 2.05) is 0 Å². The monoisotopic (exact) mass is 422 g/mol. The molecule has 1 N–H and O–H groups in total. The first-order valence-corrected chi connectivity index (χ1v) is 9.72. The number of alkyl halides is 3. The fourth-order valence-electron chi connectivity index (χ4n) is 3.66. The molecule has 0 spiro atoms. The number of benzene rings is 1. The number of rotatable bonds is 4. The Kier molecular flexibility index (Phi) is 5.82. The van der Waals surface area contributed by atoms with Gasteiger partial charge in [0.05, 0.1) is 17.4 Å². The lowest BCUT2D eigenvalue weighted by molar-refractivity contribution is -0.137. The van der Waals surface area contributed by atoms with Crippen molar-refractivity contribution in [3.8, 4) is 0 Å². The van der Waals surface area contributed by atoms with E-state index in [9.17, 15) is 23.1 Å². The van der Waals surface area contributed by atoms with E-state index >= 15 is 0 Å². The summed E-state index contributed by atoms with van der Waals surface area (Å²) < 4.78 is 45.3. The van der Waals surface area contributed by atoms with Crippen molar-refractivity contribution in [2.45, 2.75) is 63.5 Å². The summed E-state index contributed by atoms with van der Waals surface area (Å²) in [4.78, 5) is 18.1. The lowest BCUT2D eigenvalue weighted by atomic mass is 9.62. The van der Waals surface area contributed by atoms with E-state index in [0.29, 0.717) is 24.1 Å². The summed E-state index contributed by atoms with van der Waals surface area (Å²) in [5.74, 6) is 0. The molecule has 5 nitrogen and oxygen atoms in total. The van der Waals surface area contributed by atoms with E-state index in [4.69, 9.17) is 4.74 Å². The third-order valence-corrected chi connectivity index (χ3v) is 5.26. The number of halogens is 3. The van der Waals surface area contributed by atoms with Gasteiger partial charge in [-0.15, -0.1) is 0 Å². The molecule has 1 aliphatic carbocycles. The fourth-order valence-corrected chi connectivity index (χ4v) is 3.66. The molecule has 3 rings (SSSR count). The molecule has 1 aromatic carbocycles. The second-order valence-electron chi connectivity index (χ2n) is 8.52. The Morgan fingerprint density at radius 2 is 1.90 bits per heavy atom. The van der Waals surface area contributed by atoms with Gasteiger partial charge in [0.15, 0.2) is 0 Å². The van der Waals surface area contributed by atoms with Crippen molar-refractivity contribution < 1.29 is 27.8 Å². The summed E-state index contributed by atoms with van der Waals surface area (Å²) >= 11 is 0. The molecule has 1 unspecified atom stereocenters. The van der Waals surface area contributed by atoms with Gasteiger partial charge in [0.2, 0.25) is 0 Å². The van der Waals surface area contributed by atoms with Crippen LogP contribution in [0.15, 0.2) is 48.8 Å². The predicted molar refractivity (Wildman–Crippen MR) is 106 cm³/mol. The highest BCUT2D eigenvalue weighted by atomic mass is 19.4. The molecular weight excluding hydrogens is 397 g/mol. The van der Waals surface area contributed by atoms with Crippen LogP contribution in [0, 0.1) is 0 Å². The number of nitrogens with zero attached hydrogens (tertiary/aromatic N) is 2. The van der Waals surface area contributed by atoms with Crippen LogP contribution in [0.5, 0.6) is 0 Å². The van der Waals surface area contributed by atoms with Gasteiger partial charge in [0.1, 0.15) is 11.8 Å². The Hall–Kier alpha value is -2.61. The molecule has 1 atom stereocenters. The number of carbonyl (C=O) groups excluding carboxylic acids is 1. The van der Waals surface area contributed by atoms with E-state index in [2.05, 4.69) is 4.98 Å². The minimum absolute atomic E-state index is 0.303. The SMILES string of the molecule is CC(C)(C)OC(=O)N(c1cccnc1)C(O)C1(c2cccc(C(F)(F)F)c2)CCC1. The molecule has 1 amide bonds. The number of amides is 1. The second kappa shape index (κ2) is 7.91. The van der Waals surface area contributed by atoms with Crippen LogP contribution in [0.2, 0.25) is 0 Å². The van der Waals surface area contributed by atoms with Crippen molar-refractivity contribution in [2.24, 2.45) is 0 Å². The van der Waals surface area contributed by atoms with Gasteiger partial charge < -0.3 is 9.84 Å². The fraction of sp³-hybridized carbons (Fsp3) is 0.455. The first-order valence-electron chi connectivity index (χ1n) is 9.72. The molecule has 1 heterocycles. The number of hydrogen-bond donors (Lipinski definition) is 1. The Balaban J connectivity index is 2.04. The first-order chi connectivity index (χ1) is 13.9. The molecule has 1 aromatic heterocycles. The van der Waals surface area contributed by atoms with Crippen LogP contribution in [0.4, 0.5) is 23.7 Å². The van der Waals surface area contributed by atoms with Crippen molar-refractivity contribution in [2.75, 3.05) is 4.90 Å². The number of aliphatic hydroxyl groups excluding tert-OH is 1. The third kappa shape index (κ3) is 4.43. The quantitative estimate of drug-likeness (QED) is 0.681. The van der Waals surface area contributed by atoms with E-state index < -0.39 is 35.1 Å². The maximum Gasteiger partial charge on any atom is 0.417 e. The predicted octanol–water partition coefficient (Wildman–Crippen LogP) is 5.28. The molecule has 2 aromatic rings. The number of hydrogen-bond acceptors (Lipinski definition) is 4. The van der Waals surface area contributed by atoms with E-state index in [1.165, 1.54) is 18.5 Å². The topological polar surface area (TPSA) is 62.7 Å².